The summed E-state index contributed by atoms with van der Waals surface area (Å²) in [4.78, 5) is 23.5. The molecule has 2 aliphatic heterocycles. The fourth-order valence-corrected chi connectivity index (χ4v) is 5.66. The Balaban J connectivity index is 1.32. The number of anilines is 1. The molecular formula is C25H25N3O2S. The van der Waals surface area contributed by atoms with E-state index in [1.807, 2.05) is 24.3 Å². The van der Waals surface area contributed by atoms with Gasteiger partial charge in [0.1, 0.15) is 6.54 Å². The standard InChI is InChI=1S/C25H25N3O2S/c29-25(30)16-28-22-8-4-5-9-23(22)31-24(28)15-26-14-20-12-19-11-10-18(13-21(19)27-20)17-6-2-1-3-7-17/h4-5,8-11,13-15,17H,1-3,6-7,12,16H2,(H,29,30)/b24-15-,26-14?. The van der Waals surface area contributed by atoms with Gasteiger partial charge in [-0.1, -0.05) is 55.3 Å². The Morgan fingerprint density at radius 1 is 1.19 bits per heavy atom. The molecule has 0 bridgehead atoms. The van der Waals surface area contributed by atoms with Gasteiger partial charge in [-0.05, 0) is 48.1 Å². The number of carbonyl (C=O) groups is 1. The Morgan fingerprint density at radius 3 is 2.87 bits per heavy atom. The molecule has 1 saturated carbocycles. The molecule has 2 heterocycles. The van der Waals surface area contributed by atoms with Gasteiger partial charge in [-0.2, -0.15) is 0 Å². The Kier molecular flexibility index (Phi) is 5.64. The van der Waals surface area contributed by atoms with Crippen molar-refractivity contribution < 1.29 is 9.90 Å². The third-order valence-electron chi connectivity index (χ3n) is 6.16. The molecule has 31 heavy (non-hydrogen) atoms. The molecule has 2 aromatic carbocycles. The minimum atomic E-state index is -0.864. The second kappa shape index (κ2) is 8.71. The summed E-state index contributed by atoms with van der Waals surface area (Å²) in [6.45, 7) is -0.0816. The average Bonchev–Trinajstić information content (AvgIpc) is 3.34. The SMILES string of the molecule is O=C(O)CN1/C(=C/N=CC2=Nc3cc(C4CCCCC4)ccc3C2)Sc2ccccc21. The molecule has 1 N–H and O–H groups in total. The maximum absolute atomic E-state index is 11.3. The van der Waals surface area contributed by atoms with Crippen molar-refractivity contribution in [1.82, 2.24) is 0 Å². The van der Waals surface area contributed by atoms with Crippen LogP contribution in [0.2, 0.25) is 0 Å². The first-order valence-electron chi connectivity index (χ1n) is 10.9. The van der Waals surface area contributed by atoms with Crippen LogP contribution >= 0.6 is 11.8 Å². The monoisotopic (exact) mass is 431 g/mol. The van der Waals surface area contributed by atoms with Crippen molar-refractivity contribution in [3.8, 4) is 0 Å². The van der Waals surface area contributed by atoms with Gasteiger partial charge in [-0.3, -0.25) is 14.8 Å². The molecule has 5 nitrogen and oxygen atoms in total. The molecule has 158 valence electrons. The summed E-state index contributed by atoms with van der Waals surface area (Å²) in [5.74, 6) is -0.186. The van der Waals surface area contributed by atoms with E-state index in [4.69, 9.17) is 4.99 Å². The molecule has 5 rings (SSSR count). The van der Waals surface area contributed by atoms with Crippen LogP contribution in [0.1, 0.15) is 49.1 Å². The number of aliphatic imine (C=N–C) groups is 2. The first-order chi connectivity index (χ1) is 15.2. The second-order valence-corrected chi connectivity index (χ2v) is 9.36. The lowest BCUT2D eigenvalue weighted by Crippen LogP contribution is -2.25. The number of thioether (sulfide) groups is 1. The molecule has 0 atom stereocenters. The van der Waals surface area contributed by atoms with Gasteiger partial charge in [-0.25, -0.2) is 0 Å². The summed E-state index contributed by atoms with van der Waals surface area (Å²) < 4.78 is 0. The number of fused-ring (bicyclic) bond motifs is 2. The van der Waals surface area contributed by atoms with Gasteiger partial charge in [0.15, 0.2) is 0 Å². The van der Waals surface area contributed by atoms with E-state index in [9.17, 15) is 9.90 Å². The van der Waals surface area contributed by atoms with Gasteiger partial charge in [-0.15, -0.1) is 0 Å². The third-order valence-corrected chi connectivity index (χ3v) is 7.26. The van der Waals surface area contributed by atoms with Crippen molar-refractivity contribution in [3.63, 3.8) is 0 Å². The van der Waals surface area contributed by atoms with E-state index < -0.39 is 5.97 Å². The van der Waals surface area contributed by atoms with Crippen LogP contribution in [0.4, 0.5) is 11.4 Å². The van der Waals surface area contributed by atoms with E-state index >= 15 is 0 Å². The fourth-order valence-electron chi connectivity index (χ4n) is 4.62. The van der Waals surface area contributed by atoms with Gasteiger partial charge in [0, 0.05) is 17.5 Å². The normalized spacial score (nSPS) is 19.7. The molecule has 0 saturated heterocycles. The highest BCUT2D eigenvalue weighted by Crippen LogP contribution is 2.45. The summed E-state index contributed by atoms with van der Waals surface area (Å²) in [7, 11) is 0. The first kappa shape index (κ1) is 20.1. The topological polar surface area (TPSA) is 65.3 Å². The fraction of sp³-hybridized carbons (Fsp3) is 0.320. The van der Waals surface area contributed by atoms with E-state index in [1.165, 1.54) is 43.2 Å². The van der Waals surface area contributed by atoms with Crippen LogP contribution in [0.5, 0.6) is 0 Å². The predicted molar refractivity (Wildman–Crippen MR) is 127 cm³/mol. The number of carboxylic acid groups (broad SMARTS) is 1. The van der Waals surface area contributed by atoms with Gasteiger partial charge in [0.2, 0.25) is 0 Å². The maximum atomic E-state index is 11.3. The number of hydrogen-bond donors (Lipinski definition) is 1. The van der Waals surface area contributed by atoms with E-state index in [0.29, 0.717) is 5.92 Å². The van der Waals surface area contributed by atoms with Crippen molar-refractivity contribution in [1.29, 1.82) is 0 Å². The Morgan fingerprint density at radius 2 is 2.03 bits per heavy atom. The van der Waals surface area contributed by atoms with Crippen molar-refractivity contribution in [2.45, 2.75) is 49.3 Å². The number of aliphatic carboxylic acids is 1. The highest BCUT2D eigenvalue weighted by Gasteiger charge is 2.26. The predicted octanol–water partition coefficient (Wildman–Crippen LogP) is 5.93. The smallest absolute Gasteiger partial charge is 0.323 e. The van der Waals surface area contributed by atoms with Crippen molar-refractivity contribution >= 4 is 41.0 Å². The minimum absolute atomic E-state index is 0.0816. The zero-order chi connectivity index (χ0) is 21.2. The van der Waals surface area contributed by atoms with Crippen LogP contribution in [0.25, 0.3) is 0 Å². The molecule has 1 fully saturated rings. The van der Waals surface area contributed by atoms with Crippen molar-refractivity contribution in [3.05, 3.63) is 64.8 Å². The van der Waals surface area contributed by atoms with Gasteiger partial charge in [0.05, 0.1) is 28.3 Å². The summed E-state index contributed by atoms with van der Waals surface area (Å²) in [5, 5.41) is 10.1. The van der Waals surface area contributed by atoms with Crippen LogP contribution in [0, 0.1) is 0 Å². The number of para-hydroxylation sites is 1. The minimum Gasteiger partial charge on any atom is -0.480 e. The lowest BCUT2D eigenvalue weighted by Gasteiger charge is -2.22. The molecule has 0 spiro atoms. The zero-order valence-corrected chi connectivity index (χ0v) is 18.1. The highest BCUT2D eigenvalue weighted by molar-refractivity contribution is 8.03. The molecule has 2 aromatic rings. The van der Waals surface area contributed by atoms with Gasteiger partial charge < -0.3 is 10.0 Å². The third kappa shape index (κ3) is 4.30. The molecule has 1 aliphatic carbocycles. The van der Waals surface area contributed by atoms with Crippen molar-refractivity contribution in [2.24, 2.45) is 9.98 Å². The van der Waals surface area contributed by atoms with E-state index in [2.05, 4.69) is 23.2 Å². The number of carboxylic acids is 1. The Labute approximate surface area is 186 Å². The summed E-state index contributed by atoms with van der Waals surface area (Å²) in [6, 6.07) is 14.6. The molecular weight excluding hydrogens is 406 g/mol. The average molecular weight is 432 g/mol. The first-order valence-corrected chi connectivity index (χ1v) is 11.7. The number of rotatable bonds is 5. The lowest BCUT2D eigenvalue weighted by atomic mass is 9.83. The van der Waals surface area contributed by atoms with Gasteiger partial charge in [0.25, 0.3) is 0 Å². The lowest BCUT2D eigenvalue weighted by molar-refractivity contribution is -0.135. The number of benzene rings is 2. The zero-order valence-electron chi connectivity index (χ0n) is 17.3. The van der Waals surface area contributed by atoms with Crippen LogP contribution in [0.15, 0.2) is 68.6 Å². The van der Waals surface area contributed by atoms with Crippen molar-refractivity contribution in [2.75, 3.05) is 11.4 Å². The number of nitrogens with zero attached hydrogens (tertiary/aromatic N) is 3. The molecule has 0 amide bonds. The van der Waals surface area contributed by atoms with Gasteiger partial charge >= 0.3 is 5.97 Å². The largest absolute Gasteiger partial charge is 0.480 e. The molecule has 6 heteroatoms. The second-order valence-electron chi connectivity index (χ2n) is 8.30. The molecule has 0 unspecified atom stereocenters. The summed E-state index contributed by atoms with van der Waals surface area (Å²) >= 11 is 1.54. The van der Waals surface area contributed by atoms with Crippen LogP contribution < -0.4 is 4.90 Å². The quantitative estimate of drug-likeness (QED) is 0.596. The van der Waals surface area contributed by atoms with Crippen LogP contribution in [-0.4, -0.2) is 29.5 Å². The molecule has 0 aromatic heterocycles. The molecule has 3 aliphatic rings. The summed E-state index contributed by atoms with van der Waals surface area (Å²) in [5.41, 5.74) is 5.61. The van der Waals surface area contributed by atoms with Crippen LogP contribution in [-0.2, 0) is 11.2 Å². The maximum Gasteiger partial charge on any atom is 0.323 e. The Bertz CT molecular complexity index is 1100. The summed E-state index contributed by atoms with van der Waals surface area (Å²) in [6.07, 6.45) is 10.9. The molecule has 0 radical (unpaired) electrons. The van der Waals surface area contributed by atoms with E-state index in [1.54, 1.807) is 29.1 Å². The number of hydrogen-bond acceptors (Lipinski definition) is 5. The Hall–Kier alpha value is -2.86. The van der Waals surface area contributed by atoms with E-state index in [-0.39, 0.29) is 6.54 Å². The van der Waals surface area contributed by atoms with E-state index in [0.717, 1.165) is 33.4 Å². The van der Waals surface area contributed by atoms with Crippen LogP contribution in [0.3, 0.4) is 0 Å². The highest BCUT2D eigenvalue weighted by atomic mass is 32.2.